The molecular formula is C18H19N3O6S2. The largest absolute Gasteiger partial charge is 0.354 e. The van der Waals surface area contributed by atoms with Gasteiger partial charge in [0.25, 0.3) is 10.0 Å². The van der Waals surface area contributed by atoms with E-state index in [4.69, 9.17) is 0 Å². The summed E-state index contributed by atoms with van der Waals surface area (Å²) in [6, 6.07) is 10.8. The molecule has 1 aliphatic heterocycles. The molecule has 2 aromatic carbocycles. The smallest absolute Gasteiger partial charge is 0.261 e. The molecule has 0 aromatic heterocycles. The molecule has 1 saturated heterocycles. The van der Waals surface area contributed by atoms with Crippen molar-refractivity contribution in [2.45, 2.75) is 16.7 Å². The topological polar surface area (TPSA) is 130 Å². The minimum Gasteiger partial charge on any atom is -0.354 e. The number of rotatable bonds is 6. The van der Waals surface area contributed by atoms with Crippen LogP contribution in [0.15, 0.2) is 58.3 Å². The van der Waals surface area contributed by atoms with Gasteiger partial charge in [0.15, 0.2) is 5.78 Å². The molecule has 2 N–H and O–H groups in total. The molecule has 3 rings (SSSR count). The quantitative estimate of drug-likeness (QED) is 0.644. The summed E-state index contributed by atoms with van der Waals surface area (Å²) in [5.41, 5.74) is 0.436. The molecule has 1 heterocycles. The van der Waals surface area contributed by atoms with Gasteiger partial charge in [0, 0.05) is 18.7 Å². The number of nitrogens with one attached hydrogen (secondary N) is 2. The minimum atomic E-state index is -3.99. The number of carbonyl (C=O) groups is 2. The SMILES string of the molecule is CC(=O)c1ccc(S(=O)(=O)Nc2cccc(S(=O)(=O)N3CCNC(=O)C3)c2)cc1. The molecule has 11 heteroatoms. The molecule has 9 nitrogen and oxygen atoms in total. The third-order valence-electron chi connectivity index (χ3n) is 4.30. The summed E-state index contributed by atoms with van der Waals surface area (Å²) in [7, 11) is -7.94. The van der Waals surface area contributed by atoms with Crippen LogP contribution in [-0.4, -0.2) is 52.5 Å². The average molecular weight is 437 g/mol. The standard InChI is InChI=1S/C18H19N3O6S2/c1-13(22)14-5-7-16(8-6-14)28(24,25)20-15-3-2-4-17(11-15)29(26,27)21-10-9-19-18(23)12-21/h2-8,11,20H,9-10,12H2,1H3,(H,19,23). The van der Waals surface area contributed by atoms with E-state index in [1.165, 1.54) is 55.5 Å². The molecule has 0 spiro atoms. The lowest BCUT2D eigenvalue weighted by molar-refractivity contribution is -0.122. The molecule has 0 unspecified atom stereocenters. The Bertz CT molecular complexity index is 1160. The Hall–Kier alpha value is -2.76. The van der Waals surface area contributed by atoms with Gasteiger partial charge in [-0.1, -0.05) is 18.2 Å². The van der Waals surface area contributed by atoms with Crippen LogP contribution in [0.3, 0.4) is 0 Å². The van der Waals surface area contributed by atoms with Gasteiger partial charge in [-0.2, -0.15) is 4.31 Å². The lowest BCUT2D eigenvalue weighted by Gasteiger charge is -2.26. The highest BCUT2D eigenvalue weighted by Gasteiger charge is 2.29. The van der Waals surface area contributed by atoms with Crippen molar-refractivity contribution in [3.63, 3.8) is 0 Å². The van der Waals surface area contributed by atoms with Gasteiger partial charge in [0.05, 0.1) is 22.0 Å². The van der Waals surface area contributed by atoms with Crippen molar-refractivity contribution >= 4 is 37.4 Å². The Morgan fingerprint density at radius 2 is 1.72 bits per heavy atom. The number of hydrogen-bond donors (Lipinski definition) is 2. The van der Waals surface area contributed by atoms with Gasteiger partial charge < -0.3 is 5.32 Å². The Morgan fingerprint density at radius 1 is 1.03 bits per heavy atom. The first-order valence-corrected chi connectivity index (χ1v) is 11.5. The molecule has 29 heavy (non-hydrogen) atoms. The highest BCUT2D eigenvalue weighted by atomic mass is 32.2. The van der Waals surface area contributed by atoms with Crippen molar-refractivity contribution in [1.29, 1.82) is 0 Å². The molecule has 154 valence electrons. The second-order valence-corrected chi connectivity index (χ2v) is 10.0. The first-order valence-electron chi connectivity index (χ1n) is 8.60. The van der Waals surface area contributed by atoms with Gasteiger partial charge in [-0.3, -0.25) is 14.3 Å². The van der Waals surface area contributed by atoms with Gasteiger partial charge in [-0.15, -0.1) is 0 Å². The van der Waals surface area contributed by atoms with E-state index in [-0.39, 0.29) is 40.9 Å². The van der Waals surface area contributed by atoms with E-state index >= 15 is 0 Å². The summed E-state index contributed by atoms with van der Waals surface area (Å²) in [6.45, 7) is 1.42. The summed E-state index contributed by atoms with van der Waals surface area (Å²) in [6.07, 6.45) is 0. The molecule has 0 bridgehead atoms. The Kier molecular flexibility index (Phi) is 5.73. The fraction of sp³-hybridized carbons (Fsp3) is 0.222. The zero-order valence-corrected chi connectivity index (χ0v) is 17.1. The molecule has 1 fully saturated rings. The van der Waals surface area contributed by atoms with Crippen LogP contribution in [-0.2, 0) is 24.8 Å². The van der Waals surface area contributed by atoms with E-state index in [9.17, 15) is 26.4 Å². The summed E-state index contributed by atoms with van der Waals surface area (Å²) in [5, 5.41) is 2.55. The maximum absolute atomic E-state index is 12.8. The maximum Gasteiger partial charge on any atom is 0.261 e. The molecular weight excluding hydrogens is 418 g/mol. The fourth-order valence-corrected chi connectivity index (χ4v) is 5.27. The van der Waals surface area contributed by atoms with Crippen LogP contribution in [0.25, 0.3) is 0 Å². The van der Waals surface area contributed by atoms with Crippen LogP contribution in [0.4, 0.5) is 5.69 Å². The third kappa shape index (κ3) is 4.63. The second kappa shape index (κ2) is 7.93. The monoisotopic (exact) mass is 437 g/mol. The van der Waals surface area contributed by atoms with Gasteiger partial charge in [0.1, 0.15) is 0 Å². The first kappa shape index (κ1) is 21.0. The minimum absolute atomic E-state index is 0.0585. The predicted octanol–water partition coefficient (Wildman–Crippen LogP) is 0.810. The lowest BCUT2D eigenvalue weighted by Crippen LogP contribution is -2.49. The number of piperazine rings is 1. The van der Waals surface area contributed by atoms with E-state index in [0.717, 1.165) is 4.31 Å². The second-order valence-electron chi connectivity index (χ2n) is 6.40. The molecule has 2 aromatic rings. The molecule has 1 aliphatic rings. The number of benzene rings is 2. The fourth-order valence-electron chi connectivity index (χ4n) is 2.77. The number of anilines is 1. The van der Waals surface area contributed by atoms with Gasteiger partial charge in [-0.25, -0.2) is 16.8 Å². The summed E-state index contributed by atoms with van der Waals surface area (Å²) >= 11 is 0. The van der Waals surface area contributed by atoms with Crippen LogP contribution in [0, 0.1) is 0 Å². The zero-order chi connectivity index (χ0) is 21.2. The molecule has 1 amide bonds. The lowest BCUT2D eigenvalue weighted by atomic mass is 10.2. The van der Waals surface area contributed by atoms with Crippen LogP contribution >= 0.6 is 0 Å². The van der Waals surface area contributed by atoms with E-state index in [2.05, 4.69) is 10.0 Å². The van der Waals surface area contributed by atoms with Crippen molar-refractivity contribution in [2.24, 2.45) is 0 Å². The van der Waals surface area contributed by atoms with Crippen molar-refractivity contribution in [3.05, 3.63) is 54.1 Å². The van der Waals surface area contributed by atoms with Gasteiger partial charge in [0.2, 0.25) is 15.9 Å². The number of hydrogen-bond acceptors (Lipinski definition) is 6. The number of ketones is 1. The Balaban J connectivity index is 1.85. The maximum atomic E-state index is 12.8. The Morgan fingerprint density at radius 3 is 2.34 bits per heavy atom. The van der Waals surface area contributed by atoms with Crippen LogP contribution in [0.2, 0.25) is 0 Å². The third-order valence-corrected chi connectivity index (χ3v) is 7.54. The van der Waals surface area contributed by atoms with Crippen LogP contribution < -0.4 is 10.0 Å². The summed E-state index contributed by atoms with van der Waals surface area (Å²) in [5.74, 6) is -0.586. The van der Waals surface area contributed by atoms with Crippen LogP contribution in [0.1, 0.15) is 17.3 Å². The van der Waals surface area contributed by atoms with Crippen LogP contribution in [0.5, 0.6) is 0 Å². The molecule has 0 radical (unpaired) electrons. The van der Waals surface area contributed by atoms with E-state index < -0.39 is 26.0 Å². The van der Waals surface area contributed by atoms with Crippen molar-refractivity contribution in [1.82, 2.24) is 9.62 Å². The highest BCUT2D eigenvalue weighted by molar-refractivity contribution is 7.92. The first-order chi connectivity index (χ1) is 13.6. The summed E-state index contributed by atoms with van der Waals surface area (Å²) in [4.78, 5) is 22.6. The van der Waals surface area contributed by atoms with Gasteiger partial charge in [-0.05, 0) is 37.3 Å². The van der Waals surface area contributed by atoms with Gasteiger partial charge >= 0.3 is 0 Å². The molecule has 0 aliphatic carbocycles. The average Bonchev–Trinajstić information content (AvgIpc) is 2.68. The Labute approximate surface area is 168 Å². The van der Waals surface area contributed by atoms with Crippen molar-refractivity contribution < 1.29 is 26.4 Å². The normalized spacial score (nSPS) is 15.6. The molecule has 0 saturated carbocycles. The predicted molar refractivity (Wildman–Crippen MR) is 105 cm³/mol. The number of Topliss-reactive ketones (excluding diaryl/α,β-unsaturated/α-hetero) is 1. The summed E-state index contributed by atoms with van der Waals surface area (Å²) < 4.78 is 54.1. The van der Waals surface area contributed by atoms with Crippen molar-refractivity contribution in [3.8, 4) is 0 Å². The van der Waals surface area contributed by atoms with E-state index in [1.54, 1.807) is 0 Å². The number of amides is 1. The van der Waals surface area contributed by atoms with E-state index in [0.29, 0.717) is 5.56 Å². The number of nitrogens with zero attached hydrogens (tertiary/aromatic N) is 1. The number of carbonyl (C=O) groups excluding carboxylic acids is 2. The molecule has 0 atom stereocenters. The number of sulfonamides is 2. The zero-order valence-electron chi connectivity index (χ0n) is 15.5. The van der Waals surface area contributed by atoms with Crippen molar-refractivity contribution in [2.75, 3.05) is 24.4 Å². The highest BCUT2D eigenvalue weighted by Crippen LogP contribution is 2.22. The van der Waals surface area contributed by atoms with E-state index in [1.807, 2.05) is 0 Å².